The molecule has 2 aromatic rings. The first kappa shape index (κ1) is 13.2. The van der Waals surface area contributed by atoms with Crippen LogP contribution in [0.3, 0.4) is 0 Å². The van der Waals surface area contributed by atoms with Crippen molar-refractivity contribution in [3.63, 3.8) is 0 Å². The van der Waals surface area contributed by atoms with Crippen LogP contribution in [-0.4, -0.2) is 15.9 Å². The zero-order valence-corrected chi connectivity index (χ0v) is 12.6. The minimum atomic E-state index is -0.224. The molecule has 2 rings (SSSR count). The molecule has 0 fully saturated rings. The van der Waals surface area contributed by atoms with E-state index in [0.717, 1.165) is 10.2 Å². The summed E-state index contributed by atoms with van der Waals surface area (Å²) in [6.07, 6.45) is 3.21. The third-order valence-corrected chi connectivity index (χ3v) is 3.74. The summed E-state index contributed by atoms with van der Waals surface area (Å²) in [5.74, 6) is -0.224. The highest BCUT2D eigenvalue weighted by Crippen LogP contribution is 2.19. The first-order chi connectivity index (χ1) is 8.58. The number of rotatable bonds is 2. The van der Waals surface area contributed by atoms with Gasteiger partial charge in [-0.05, 0) is 62.5 Å². The van der Waals surface area contributed by atoms with Gasteiger partial charge in [0.1, 0.15) is 9.21 Å². The molecule has 0 aromatic carbocycles. The topological polar surface area (TPSA) is 54.9 Å². The maximum Gasteiger partial charge on any atom is 0.258 e. The largest absolute Gasteiger partial charge is 0.320 e. The van der Waals surface area contributed by atoms with Crippen molar-refractivity contribution in [1.82, 2.24) is 9.97 Å². The monoisotopic (exact) mass is 369 g/mol. The zero-order chi connectivity index (χ0) is 13.1. The van der Waals surface area contributed by atoms with E-state index in [1.165, 1.54) is 0 Å². The van der Waals surface area contributed by atoms with Crippen molar-refractivity contribution in [1.29, 1.82) is 0 Å². The Balaban J connectivity index is 2.22. The molecule has 18 heavy (non-hydrogen) atoms. The van der Waals surface area contributed by atoms with Crippen LogP contribution in [0.5, 0.6) is 0 Å². The number of pyridine rings is 2. The number of hydrogen-bond acceptors (Lipinski definition) is 3. The van der Waals surface area contributed by atoms with Gasteiger partial charge < -0.3 is 5.32 Å². The van der Waals surface area contributed by atoms with Gasteiger partial charge in [-0.3, -0.25) is 4.79 Å². The second-order valence-electron chi connectivity index (χ2n) is 3.63. The summed E-state index contributed by atoms with van der Waals surface area (Å²) in [4.78, 5) is 20.1. The molecule has 1 N–H and O–H groups in total. The van der Waals surface area contributed by atoms with E-state index in [-0.39, 0.29) is 5.91 Å². The van der Waals surface area contributed by atoms with Gasteiger partial charge in [0, 0.05) is 6.20 Å². The Bertz CT molecular complexity index is 602. The molecule has 0 aliphatic rings. The van der Waals surface area contributed by atoms with Crippen LogP contribution in [0.4, 0.5) is 5.69 Å². The van der Waals surface area contributed by atoms with Crippen molar-refractivity contribution in [3.8, 4) is 0 Å². The van der Waals surface area contributed by atoms with Gasteiger partial charge in [-0.1, -0.05) is 0 Å². The lowest BCUT2D eigenvalue weighted by Crippen LogP contribution is -2.13. The molecule has 0 saturated carbocycles. The number of halogens is 2. The van der Waals surface area contributed by atoms with Crippen LogP contribution in [0, 0.1) is 6.92 Å². The fraction of sp³-hybridized carbons (Fsp3) is 0.0833. The van der Waals surface area contributed by atoms with Crippen molar-refractivity contribution >= 4 is 43.5 Å². The Morgan fingerprint density at radius 2 is 2.06 bits per heavy atom. The fourth-order valence-electron chi connectivity index (χ4n) is 1.38. The summed E-state index contributed by atoms with van der Waals surface area (Å²) in [5.41, 5.74) is 2.09. The highest BCUT2D eigenvalue weighted by Gasteiger charge is 2.11. The molecular formula is C12H9Br2N3O. The third kappa shape index (κ3) is 2.94. The van der Waals surface area contributed by atoms with E-state index in [1.807, 2.05) is 13.0 Å². The van der Waals surface area contributed by atoms with Crippen LogP contribution < -0.4 is 5.32 Å². The fourth-order valence-corrected chi connectivity index (χ4v) is 2.03. The highest BCUT2D eigenvalue weighted by molar-refractivity contribution is 9.10. The molecule has 0 bridgehead atoms. The Labute approximate surface area is 121 Å². The molecule has 92 valence electrons. The van der Waals surface area contributed by atoms with E-state index in [4.69, 9.17) is 0 Å². The van der Waals surface area contributed by atoms with Gasteiger partial charge in [-0.2, -0.15) is 0 Å². The number of anilines is 1. The van der Waals surface area contributed by atoms with Gasteiger partial charge in [0.2, 0.25) is 0 Å². The van der Waals surface area contributed by atoms with Crippen molar-refractivity contribution in [2.45, 2.75) is 6.92 Å². The molecule has 4 nitrogen and oxygen atoms in total. The highest BCUT2D eigenvalue weighted by atomic mass is 79.9. The van der Waals surface area contributed by atoms with Gasteiger partial charge in [-0.15, -0.1) is 0 Å². The average molecular weight is 371 g/mol. The summed E-state index contributed by atoms with van der Waals surface area (Å²) < 4.78 is 1.28. The number of hydrogen-bond donors (Lipinski definition) is 1. The molecule has 2 heterocycles. The summed E-state index contributed by atoms with van der Waals surface area (Å²) in [5, 5.41) is 2.77. The molecule has 0 unspecified atom stereocenters. The molecule has 0 saturated heterocycles. The van der Waals surface area contributed by atoms with Crippen LogP contribution >= 0.6 is 31.9 Å². The van der Waals surface area contributed by atoms with Gasteiger partial charge in [0.15, 0.2) is 0 Å². The lowest BCUT2D eigenvalue weighted by Gasteiger charge is -2.07. The molecule has 0 radical (unpaired) electrons. The third-order valence-electron chi connectivity index (χ3n) is 2.28. The van der Waals surface area contributed by atoms with Crippen LogP contribution in [0.15, 0.2) is 39.8 Å². The number of nitrogens with zero attached hydrogens (tertiary/aromatic N) is 2. The minimum absolute atomic E-state index is 0.224. The Hall–Kier alpha value is -1.27. The SMILES string of the molecule is Cc1cc(NC(=O)c2cccnc2Br)cnc1Br. The van der Waals surface area contributed by atoms with Gasteiger partial charge >= 0.3 is 0 Å². The Morgan fingerprint density at radius 1 is 1.28 bits per heavy atom. The van der Waals surface area contributed by atoms with E-state index >= 15 is 0 Å². The zero-order valence-electron chi connectivity index (χ0n) is 9.45. The average Bonchev–Trinajstić information content (AvgIpc) is 2.34. The number of carbonyl (C=O) groups excluding carboxylic acids is 1. The predicted octanol–water partition coefficient (Wildman–Crippen LogP) is 3.56. The van der Waals surface area contributed by atoms with Crippen LogP contribution in [-0.2, 0) is 0 Å². The number of aryl methyl sites for hydroxylation is 1. The lowest BCUT2D eigenvalue weighted by molar-refractivity contribution is 0.102. The Kier molecular flexibility index (Phi) is 4.08. The lowest BCUT2D eigenvalue weighted by atomic mass is 10.2. The summed E-state index contributed by atoms with van der Waals surface area (Å²) in [6.45, 7) is 1.91. The van der Waals surface area contributed by atoms with Crippen LogP contribution in [0.25, 0.3) is 0 Å². The molecule has 0 aliphatic heterocycles. The molecule has 2 aromatic heterocycles. The van der Waals surface area contributed by atoms with E-state index in [9.17, 15) is 4.79 Å². The first-order valence-electron chi connectivity index (χ1n) is 5.12. The van der Waals surface area contributed by atoms with Crippen molar-refractivity contribution in [2.24, 2.45) is 0 Å². The van der Waals surface area contributed by atoms with Gasteiger partial charge in [0.25, 0.3) is 5.91 Å². The number of carbonyl (C=O) groups is 1. The van der Waals surface area contributed by atoms with Gasteiger partial charge in [-0.25, -0.2) is 9.97 Å². The van der Waals surface area contributed by atoms with E-state index in [2.05, 4.69) is 47.1 Å². The molecule has 6 heteroatoms. The summed E-state index contributed by atoms with van der Waals surface area (Å²) in [7, 11) is 0. The molecule has 0 atom stereocenters. The quantitative estimate of drug-likeness (QED) is 0.822. The molecule has 1 amide bonds. The summed E-state index contributed by atoms with van der Waals surface area (Å²) >= 11 is 6.55. The maximum absolute atomic E-state index is 12.0. The van der Waals surface area contributed by atoms with Gasteiger partial charge in [0.05, 0.1) is 17.4 Å². The second kappa shape index (κ2) is 5.58. The maximum atomic E-state index is 12.0. The second-order valence-corrected chi connectivity index (χ2v) is 5.13. The standard InChI is InChI=1S/C12H9Br2N3O/c1-7-5-8(6-16-10(7)13)17-12(18)9-3-2-4-15-11(9)14/h2-6H,1H3,(H,17,18). The number of aromatic nitrogens is 2. The van der Waals surface area contributed by atoms with Crippen molar-refractivity contribution < 1.29 is 4.79 Å². The molecule has 0 spiro atoms. The van der Waals surface area contributed by atoms with Crippen LogP contribution in [0.1, 0.15) is 15.9 Å². The summed E-state index contributed by atoms with van der Waals surface area (Å²) in [6, 6.07) is 5.26. The van der Waals surface area contributed by atoms with Crippen molar-refractivity contribution in [3.05, 3.63) is 50.9 Å². The predicted molar refractivity (Wildman–Crippen MR) is 76.6 cm³/mol. The minimum Gasteiger partial charge on any atom is -0.320 e. The molecule has 0 aliphatic carbocycles. The van der Waals surface area contributed by atoms with E-state index in [1.54, 1.807) is 24.5 Å². The van der Waals surface area contributed by atoms with E-state index < -0.39 is 0 Å². The van der Waals surface area contributed by atoms with Crippen molar-refractivity contribution in [2.75, 3.05) is 5.32 Å². The van der Waals surface area contributed by atoms with Crippen LogP contribution in [0.2, 0.25) is 0 Å². The Morgan fingerprint density at radius 3 is 2.72 bits per heavy atom. The molecular weight excluding hydrogens is 362 g/mol. The first-order valence-corrected chi connectivity index (χ1v) is 6.70. The number of nitrogens with one attached hydrogen (secondary N) is 1. The smallest absolute Gasteiger partial charge is 0.258 e. The van der Waals surface area contributed by atoms with E-state index in [0.29, 0.717) is 15.9 Å². The number of amides is 1. The normalized spacial score (nSPS) is 10.2.